The van der Waals surface area contributed by atoms with E-state index in [1.807, 2.05) is 19.9 Å². The number of sulfonamides is 1. The van der Waals surface area contributed by atoms with Crippen molar-refractivity contribution in [2.24, 2.45) is 5.92 Å². The van der Waals surface area contributed by atoms with Crippen molar-refractivity contribution in [3.05, 3.63) is 36.4 Å². The first kappa shape index (κ1) is 20.2. The van der Waals surface area contributed by atoms with Gasteiger partial charge in [-0.1, -0.05) is 26.0 Å². The molecule has 142 valence electrons. The van der Waals surface area contributed by atoms with Crippen molar-refractivity contribution in [1.29, 1.82) is 0 Å². The second kappa shape index (κ2) is 8.48. The van der Waals surface area contributed by atoms with Gasteiger partial charge in [-0.2, -0.15) is 4.31 Å². The summed E-state index contributed by atoms with van der Waals surface area (Å²) in [6.45, 7) is 3.70. The predicted molar refractivity (Wildman–Crippen MR) is 98.6 cm³/mol. The Bertz CT molecular complexity index is 880. The Labute approximate surface area is 153 Å². The molecule has 2 N–H and O–H groups in total. The minimum absolute atomic E-state index is 0.102. The van der Waals surface area contributed by atoms with Gasteiger partial charge in [0.1, 0.15) is 5.75 Å². The molecule has 0 fully saturated rings. The van der Waals surface area contributed by atoms with Crippen molar-refractivity contribution < 1.29 is 23.2 Å². The fourth-order valence-electron chi connectivity index (χ4n) is 2.52. The van der Waals surface area contributed by atoms with Gasteiger partial charge < -0.3 is 4.74 Å². The molecular formula is C18H24N2O5S. The summed E-state index contributed by atoms with van der Waals surface area (Å²) in [5.41, 5.74) is 1.49. The first-order valence-electron chi connectivity index (χ1n) is 8.29. The zero-order chi connectivity index (χ0) is 19.3. The van der Waals surface area contributed by atoms with Crippen LogP contribution < -0.4 is 10.2 Å². The van der Waals surface area contributed by atoms with Crippen LogP contribution in [0, 0.1) is 5.92 Å². The van der Waals surface area contributed by atoms with Gasteiger partial charge in [-0.25, -0.2) is 13.9 Å². The van der Waals surface area contributed by atoms with Gasteiger partial charge in [-0.05, 0) is 47.4 Å². The Morgan fingerprint density at radius 3 is 2.46 bits per heavy atom. The van der Waals surface area contributed by atoms with E-state index < -0.39 is 22.5 Å². The zero-order valence-electron chi connectivity index (χ0n) is 15.1. The molecule has 0 aliphatic carbocycles. The lowest BCUT2D eigenvalue weighted by molar-refractivity contribution is -0.129. The lowest BCUT2D eigenvalue weighted by Crippen LogP contribution is -2.40. The molecule has 8 heteroatoms. The fourth-order valence-corrected chi connectivity index (χ4v) is 3.97. The van der Waals surface area contributed by atoms with Crippen LogP contribution in [0.15, 0.2) is 41.3 Å². The van der Waals surface area contributed by atoms with Crippen LogP contribution in [-0.2, 0) is 14.8 Å². The van der Waals surface area contributed by atoms with Crippen molar-refractivity contribution >= 4 is 26.7 Å². The smallest absolute Gasteiger partial charge is 0.258 e. The number of nitrogens with zero attached hydrogens (tertiary/aromatic N) is 1. The predicted octanol–water partition coefficient (Wildman–Crippen LogP) is 2.39. The van der Waals surface area contributed by atoms with Crippen LogP contribution in [0.5, 0.6) is 5.75 Å². The number of ether oxygens (including phenoxy) is 1. The van der Waals surface area contributed by atoms with Gasteiger partial charge in [0.05, 0.1) is 18.6 Å². The Kier molecular flexibility index (Phi) is 6.57. The number of carbonyl (C=O) groups excluding carboxylic acids is 1. The average molecular weight is 380 g/mol. The molecule has 0 aromatic heterocycles. The molecule has 2 rings (SSSR count). The maximum atomic E-state index is 13.0. The third-order valence-electron chi connectivity index (χ3n) is 4.06. The van der Waals surface area contributed by atoms with Crippen LogP contribution >= 0.6 is 0 Å². The van der Waals surface area contributed by atoms with E-state index in [0.29, 0.717) is 12.2 Å². The monoisotopic (exact) mass is 380 g/mol. The Morgan fingerprint density at radius 2 is 1.85 bits per heavy atom. The van der Waals surface area contributed by atoms with E-state index >= 15 is 0 Å². The van der Waals surface area contributed by atoms with E-state index in [9.17, 15) is 13.2 Å². The first-order valence-corrected chi connectivity index (χ1v) is 9.73. The number of amides is 1. The first-order chi connectivity index (χ1) is 12.3. The normalized spacial score (nSPS) is 11.9. The molecule has 0 bridgehead atoms. The van der Waals surface area contributed by atoms with E-state index in [0.717, 1.165) is 15.1 Å². The van der Waals surface area contributed by atoms with Gasteiger partial charge >= 0.3 is 0 Å². The lowest BCUT2D eigenvalue weighted by Gasteiger charge is -2.22. The molecule has 0 atom stereocenters. The Hall–Kier alpha value is -2.16. The summed E-state index contributed by atoms with van der Waals surface area (Å²) in [5, 5.41) is 10.4. The summed E-state index contributed by atoms with van der Waals surface area (Å²) in [5.74, 6) is 0.183. The van der Waals surface area contributed by atoms with Crippen molar-refractivity contribution in [3.63, 3.8) is 0 Å². The Morgan fingerprint density at radius 1 is 1.19 bits per heavy atom. The number of rotatable bonds is 8. The number of fused-ring (bicyclic) bond motifs is 1. The highest BCUT2D eigenvalue weighted by atomic mass is 32.2. The third-order valence-corrected chi connectivity index (χ3v) is 5.90. The van der Waals surface area contributed by atoms with Gasteiger partial charge in [0.2, 0.25) is 10.0 Å². The SMILES string of the molecule is COc1ccc2cc(S(=O)(=O)N(CCC(C)C)CC(=O)NO)ccc2c1. The highest BCUT2D eigenvalue weighted by molar-refractivity contribution is 7.89. The molecule has 0 heterocycles. The van der Waals surface area contributed by atoms with Crippen LogP contribution in [0.25, 0.3) is 10.8 Å². The van der Waals surface area contributed by atoms with E-state index in [-0.39, 0.29) is 17.4 Å². The number of benzene rings is 2. The van der Waals surface area contributed by atoms with Crippen LogP contribution in [0.3, 0.4) is 0 Å². The van der Waals surface area contributed by atoms with Crippen LogP contribution in [-0.4, -0.2) is 44.0 Å². The van der Waals surface area contributed by atoms with Gasteiger partial charge in [-0.15, -0.1) is 0 Å². The largest absolute Gasteiger partial charge is 0.497 e. The topological polar surface area (TPSA) is 95.9 Å². The van der Waals surface area contributed by atoms with Crippen molar-refractivity contribution in [2.45, 2.75) is 25.2 Å². The van der Waals surface area contributed by atoms with Crippen molar-refractivity contribution in [2.75, 3.05) is 20.2 Å². The average Bonchev–Trinajstić information content (AvgIpc) is 2.63. The standard InChI is InChI=1S/C18H24N2O5S/c1-13(2)8-9-20(12-18(21)19-22)26(23,24)17-7-5-14-10-16(25-3)6-4-15(14)11-17/h4-7,10-11,13,22H,8-9,12H2,1-3H3,(H,19,21). The van der Waals surface area contributed by atoms with Gasteiger partial charge in [0, 0.05) is 6.54 Å². The van der Waals surface area contributed by atoms with Crippen LogP contribution in [0.4, 0.5) is 0 Å². The highest BCUT2D eigenvalue weighted by Gasteiger charge is 2.26. The molecule has 1 amide bonds. The second-order valence-corrected chi connectivity index (χ2v) is 8.37. The molecule has 0 radical (unpaired) electrons. The molecule has 0 unspecified atom stereocenters. The fraction of sp³-hybridized carbons (Fsp3) is 0.389. The third kappa shape index (κ3) is 4.72. The van der Waals surface area contributed by atoms with E-state index in [4.69, 9.17) is 9.94 Å². The Balaban J connectivity index is 2.39. The van der Waals surface area contributed by atoms with Gasteiger partial charge in [0.15, 0.2) is 0 Å². The summed E-state index contributed by atoms with van der Waals surface area (Å²) in [7, 11) is -2.31. The number of hydrogen-bond acceptors (Lipinski definition) is 5. The van der Waals surface area contributed by atoms with Gasteiger partial charge in [0.25, 0.3) is 5.91 Å². The molecule has 2 aromatic carbocycles. The summed E-state index contributed by atoms with van der Waals surface area (Å²) in [6, 6.07) is 10.2. The molecule has 0 aliphatic heterocycles. The van der Waals surface area contributed by atoms with Crippen LogP contribution in [0.1, 0.15) is 20.3 Å². The summed E-state index contributed by atoms with van der Waals surface area (Å²) in [6.07, 6.45) is 0.600. The number of nitrogens with one attached hydrogen (secondary N) is 1. The zero-order valence-corrected chi connectivity index (χ0v) is 15.9. The molecular weight excluding hydrogens is 356 g/mol. The molecule has 0 spiro atoms. The maximum absolute atomic E-state index is 13.0. The molecule has 0 aliphatic rings. The number of methoxy groups -OCH3 is 1. The number of hydrogen-bond donors (Lipinski definition) is 2. The van der Waals surface area contributed by atoms with E-state index in [1.165, 1.54) is 11.5 Å². The van der Waals surface area contributed by atoms with Gasteiger partial charge in [-0.3, -0.25) is 10.0 Å². The van der Waals surface area contributed by atoms with Crippen molar-refractivity contribution in [1.82, 2.24) is 9.79 Å². The van der Waals surface area contributed by atoms with E-state index in [2.05, 4.69) is 0 Å². The lowest BCUT2D eigenvalue weighted by atomic mass is 10.1. The van der Waals surface area contributed by atoms with E-state index in [1.54, 1.807) is 31.4 Å². The maximum Gasteiger partial charge on any atom is 0.258 e. The molecule has 0 saturated carbocycles. The minimum Gasteiger partial charge on any atom is -0.497 e. The quantitative estimate of drug-likeness (QED) is 0.541. The highest BCUT2D eigenvalue weighted by Crippen LogP contribution is 2.25. The molecule has 0 saturated heterocycles. The molecule has 7 nitrogen and oxygen atoms in total. The molecule has 2 aromatic rings. The van der Waals surface area contributed by atoms with Crippen molar-refractivity contribution in [3.8, 4) is 5.75 Å². The molecule has 26 heavy (non-hydrogen) atoms. The number of carbonyl (C=O) groups is 1. The summed E-state index contributed by atoms with van der Waals surface area (Å²) in [4.78, 5) is 11.6. The summed E-state index contributed by atoms with van der Waals surface area (Å²) >= 11 is 0. The number of hydroxylamine groups is 1. The second-order valence-electron chi connectivity index (χ2n) is 6.43. The summed E-state index contributed by atoms with van der Waals surface area (Å²) < 4.78 is 32.3. The van der Waals surface area contributed by atoms with Crippen LogP contribution in [0.2, 0.25) is 0 Å². The minimum atomic E-state index is -3.88.